The fourth-order valence-corrected chi connectivity index (χ4v) is 2.85. The summed E-state index contributed by atoms with van der Waals surface area (Å²) in [5, 5.41) is 7.61. The Hall–Kier alpha value is -2.28. The van der Waals surface area contributed by atoms with Gasteiger partial charge in [-0.2, -0.15) is 0 Å². The SMILES string of the molecule is CC1CN(C(=O)c2nc(C(C)C)n(-c3ccccc3F)n2)CCN1. The molecule has 0 saturated carbocycles. The van der Waals surface area contributed by atoms with Gasteiger partial charge >= 0.3 is 0 Å². The third-order valence-electron chi connectivity index (χ3n) is 4.08. The van der Waals surface area contributed by atoms with Crippen LogP contribution in [0.1, 0.15) is 43.1 Å². The van der Waals surface area contributed by atoms with Crippen molar-refractivity contribution in [3.63, 3.8) is 0 Å². The van der Waals surface area contributed by atoms with Gasteiger partial charge in [-0.05, 0) is 19.1 Å². The number of piperazine rings is 1. The zero-order valence-corrected chi connectivity index (χ0v) is 14.2. The molecule has 1 unspecified atom stereocenters. The molecule has 2 aromatic rings. The fraction of sp³-hybridized carbons (Fsp3) is 0.471. The first-order valence-corrected chi connectivity index (χ1v) is 8.22. The summed E-state index contributed by atoms with van der Waals surface area (Å²) in [7, 11) is 0. The van der Waals surface area contributed by atoms with Crippen LogP contribution in [-0.2, 0) is 0 Å². The summed E-state index contributed by atoms with van der Waals surface area (Å²) >= 11 is 0. The van der Waals surface area contributed by atoms with Gasteiger partial charge in [-0.3, -0.25) is 4.79 Å². The molecule has 24 heavy (non-hydrogen) atoms. The van der Waals surface area contributed by atoms with Gasteiger partial charge in [0.1, 0.15) is 17.3 Å². The van der Waals surface area contributed by atoms with Crippen molar-refractivity contribution in [2.24, 2.45) is 0 Å². The quantitative estimate of drug-likeness (QED) is 0.934. The molecule has 3 rings (SSSR count). The van der Waals surface area contributed by atoms with E-state index in [1.807, 2.05) is 20.8 Å². The molecular weight excluding hydrogens is 309 g/mol. The Morgan fingerprint density at radius 1 is 1.38 bits per heavy atom. The maximum Gasteiger partial charge on any atom is 0.293 e. The number of halogens is 1. The maximum atomic E-state index is 14.1. The van der Waals surface area contributed by atoms with Gasteiger partial charge in [0, 0.05) is 31.6 Å². The molecule has 6 nitrogen and oxygen atoms in total. The Bertz CT molecular complexity index is 742. The molecule has 1 amide bonds. The minimum atomic E-state index is -0.390. The zero-order valence-electron chi connectivity index (χ0n) is 14.2. The molecule has 0 aliphatic carbocycles. The fourth-order valence-electron chi connectivity index (χ4n) is 2.85. The summed E-state index contributed by atoms with van der Waals surface area (Å²) in [6.07, 6.45) is 0. The van der Waals surface area contributed by atoms with E-state index in [1.165, 1.54) is 10.7 Å². The number of hydrogen-bond donors (Lipinski definition) is 1. The number of nitrogens with one attached hydrogen (secondary N) is 1. The first kappa shape index (κ1) is 16.6. The third-order valence-corrected chi connectivity index (χ3v) is 4.08. The zero-order chi connectivity index (χ0) is 17.3. The van der Waals surface area contributed by atoms with Gasteiger partial charge in [0.05, 0.1) is 0 Å². The Kier molecular flexibility index (Phi) is 4.62. The minimum Gasteiger partial charge on any atom is -0.333 e. The number of nitrogens with zero attached hydrogens (tertiary/aromatic N) is 4. The molecule has 1 saturated heterocycles. The molecule has 1 aromatic heterocycles. The van der Waals surface area contributed by atoms with Crippen LogP contribution in [0.25, 0.3) is 5.69 Å². The number of hydrogen-bond acceptors (Lipinski definition) is 4. The van der Waals surface area contributed by atoms with Gasteiger partial charge in [-0.1, -0.05) is 26.0 Å². The number of carbonyl (C=O) groups excluding carboxylic acids is 1. The van der Waals surface area contributed by atoms with Crippen LogP contribution in [0.4, 0.5) is 4.39 Å². The van der Waals surface area contributed by atoms with Gasteiger partial charge in [0.15, 0.2) is 0 Å². The predicted molar refractivity (Wildman–Crippen MR) is 88.8 cm³/mol. The van der Waals surface area contributed by atoms with Crippen molar-refractivity contribution < 1.29 is 9.18 Å². The van der Waals surface area contributed by atoms with Crippen LogP contribution in [-0.4, -0.2) is 51.2 Å². The minimum absolute atomic E-state index is 0.0144. The van der Waals surface area contributed by atoms with E-state index in [0.29, 0.717) is 24.6 Å². The molecule has 0 bridgehead atoms. The van der Waals surface area contributed by atoms with Crippen LogP contribution < -0.4 is 5.32 Å². The monoisotopic (exact) mass is 331 g/mol. The first-order chi connectivity index (χ1) is 11.5. The lowest BCUT2D eigenvalue weighted by atomic mass is 10.2. The molecule has 0 spiro atoms. The smallest absolute Gasteiger partial charge is 0.293 e. The summed E-state index contributed by atoms with van der Waals surface area (Å²) in [4.78, 5) is 18.9. The molecule has 1 N–H and O–H groups in total. The highest BCUT2D eigenvalue weighted by Crippen LogP contribution is 2.20. The van der Waals surface area contributed by atoms with E-state index < -0.39 is 0 Å². The second-order valence-electron chi connectivity index (χ2n) is 6.42. The van der Waals surface area contributed by atoms with Crippen LogP contribution in [0, 0.1) is 5.82 Å². The van der Waals surface area contributed by atoms with E-state index >= 15 is 0 Å². The molecule has 1 atom stereocenters. The molecule has 1 aromatic carbocycles. The third kappa shape index (κ3) is 3.17. The van der Waals surface area contributed by atoms with Gasteiger partial charge in [-0.15, -0.1) is 5.10 Å². The highest BCUT2D eigenvalue weighted by Gasteiger charge is 2.27. The highest BCUT2D eigenvalue weighted by atomic mass is 19.1. The van der Waals surface area contributed by atoms with Gasteiger partial charge in [0.25, 0.3) is 5.91 Å². The number of para-hydroxylation sites is 1. The highest BCUT2D eigenvalue weighted by molar-refractivity contribution is 5.90. The first-order valence-electron chi connectivity index (χ1n) is 8.22. The second kappa shape index (κ2) is 6.68. The van der Waals surface area contributed by atoms with Crippen LogP contribution in [0.5, 0.6) is 0 Å². The van der Waals surface area contributed by atoms with Crippen molar-refractivity contribution >= 4 is 5.91 Å². The molecule has 1 aliphatic rings. The second-order valence-corrected chi connectivity index (χ2v) is 6.42. The van der Waals surface area contributed by atoms with Crippen LogP contribution in [0.15, 0.2) is 24.3 Å². The standard InChI is InChI=1S/C17H22FN5O/c1-11(2)16-20-15(17(24)22-9-8-19-12(3)10-22)21-23(16)14-7-5-4-6-13(14)18/h4-7,11-12,19H,8-10H2,1-3H3. The summed E-state index contributed by atoms with van der Waals surface area (Å²) in [5.41, 5.74) is 0.307. The molecular formula is C17H22FN5O. The van der Waals surface area contributed by atoms with E-state index in [2.05, 4.69) is 15.4 Å². The van der Waals surface area contributed by atoms with Crippen molar-refractivity contribution in [2.75, 3.05) is 19.6 Å². The van der Waals surface area contributed by atoms with E-state index in [4.69, 9.17) is 0 Å². The number of rotatable bonds is 3. The lowest BCUT2D eigenvalue weighted by molar-refractivity contribution is 0.0696. The number of amides is 1. The molecule has 2 heterocycles. The van der Waals surface area contributed by atoms with Crippen LogP contribution in [0.2, 0.25) is 0 Å². The van der Waals surface area contributed by atoms with Crippen molar-refractivity contribution in [3.8, 4) is 5.69 Å². The van der Waals surface area contributed by atoms with Gasteiger partial charge < -0.3 is 10.2 Å². The molecule has 128 valence electrons. The van der Waals surface area contributed by atoms with Crippen LogP contribution in [0.3, 0.4) is 0 Å². The Morgan fingerprint density at radius 3 is 2.79 bits per heavy atom. The lowest BCUT2D eigenvalue weighted by Crippen LogP contribution is -2.51. The van der Waals surface area contributed by atoms with Crippen molar-refractivity contribution in [3.05, 3.63) is 41.7 Å². The Labute approximate surface area is 140 Å². The largest absolute Gasteiger partial charge is 0.333 e. The number of aromatic nitrogens is 3. The van der Waals surface area contributed by atoms with Crippen molar-refractivity contribution in [1.82, 2.24) is 25.0 Å². The van der Waals surface area contributed by atoms with Crippen LogP contribution >= 0.6 is 0 Å². The maximum absolute atomic E-state index is 14.1. The molecule has 1 fully saturated rings. The molecule has 7 heteroatoms. The number of carbonyl (C=O) groups is 1. The normalized spacial score (nSPS) is 18.2. The lowest BCUT2D eigenvalue weighted by Gasteiger charge is -2.31. The summed E-state index contributed by atoms with van der Waals surface area (Å²) in [6.45, 7) is 7.91. The van der Waals surface area contributed by atoms with E-state index in [-0.39, 0.29) is 29.5 Å². The summed E-state index contributed by atoms with van der Waals surface area (Å²) in [6, 6.07) is 6.61. The topological polar surface area (TPSA) is 63.1 Å². The molecule has 1 aliphatic heterocycles. The van der Waals surface area contributed by atoms with E-state index in [9.17, 15) is 9.18 Å². The summed E-state index contributed by atoms with van der Waals surface area (Å²) < 4.78 is 15.6. The number of benzene rings is 1. The molecule has 0 radical (unpaired) electrons. The van der Waals surface area contributed by atoms with Crippen molar-refractivity contribution in [1.29, 1.82) is 0 Å². The van der Waals surface area contributed by atoms with Gasteiger partial charge in [0.2, 0.25) is 5.82 Å². The van der Waals surface area contributed by atoms with Gasteiger partial charge in [-0.25, -0.2) is 14.1 Å². The predicted octanol–water partition coefficient (Wildman–Crippen LogP) is 1.96. The average Bonchev–Trinajstić information content (AvgIpc) is 3.00. The average molecular weight is 331 g/mol. The Morgan fingerprint density at radius 2 is 2.12 bits per heavy atom. The summed E-state index contributed by atoms with van der Waals surface area (Å²) in [5.74, 6) is 0.114. The van der Waals surface area contributed by atoms with E-state index in [0.717, 1.165) is 6.54 Å². The Balaban J connectivity index is 1.97. The van der Waals surface area contributed by atoms with Crippen molar-refractivity contribution in [2.45, 2.75) is 32.7 Å². The van der Waals surface area contributed by atoms with E-state index in [1.54, 1.807) is 23.1 Å².